The number of amides is 1. The summed E-state index contributed by atoms with van der Waals surface area (Å²) in [7, 11) is 0. The second-order valence-electron chi connectivity index (χ2n) is 4.72. The van der Waals surface area contributed by atoms with Crippen molar-refractivity contribution in [2.45, 2.75) is 25.7 Å². The number of carbonyl (C=O) groups is 1. The van der Waals surface area contributed by atoms with E-state index in [-0.39, 0.29) is 17.6 Å². The van der Waals surface area contributed by atoms with Crippen LogP contribution in [0.15, 0.2) is 23.1 Å². The summed E-state index contributed by atoms with van der Waals surface area (Å²) in [4.78, 5) is 26.2. The van der Waals surface area contributed by atoms with E-state index >= 15 is 0 Å². The van der Waals surface area contributed by atoms with Crippen molar-refractivity contribution in [1.82, 2.24) is 25.0 Å². The fourth-order valence-electron chi connectivity index (χ4n) is 2.24. The number of nitrogens with zero attached hydrogens (tertiary/aromatic N) is 5. The zero-order valence-electron chi connectivity index (χ0n) is 11.0. The van der Waals surface area contributed by atoms with Crippen LogP contribution < -0.4 is 0 Å². The third-order valence-corrected chi connectivity index (χ3v) is 3.29. The lowest BCUT2D eigenvalue weighted by molar-refractivity contribution is 0.0711. The molecule has 0 aliphatic carbocycles. The molecule has 0 spiro atoms. The van der Waals surface area contributed by atoms with Crippen LogP contribution >= 0.6 is 0 Å². The van der Waals surface area contributed by atoms with Crippen LogP contribution in [0.25, 0.3) is 11.5 Å². The van der Waals surface area contributed by atoms with Gasteiger partial charge in [-0.1, -0.05) is 18.0 Å². The molecule has 0 unspecified atom stereocenters. The molecule has 104 valence electrons. The molecule has 20 heavy (non-hydrogen) atoms. The van der Waals surface area contributed by atoms with Crippen molar-refractivity contribution in [3.8, 4) is 11.5 Å². The maximum atomic E-state index is 12.3. The number of aromatic nitrogens is 4. The van der Waals surface area contributed by atoms with E-state index in [9.17, 15) is 4.79 Å². The molecule has 1 saturated heterocycles. The zero-order valence-corrected chi connectivity index (χ0v) is 11.0. The lowest BCUT2D eigenvalue weighted by atomic mass is 10.2. The quantitative estimate of drug-likeness (QED) is 0.825. The van der Waals surface area contributed by atoms with Gasteiger partial charge in [0.15, 0.2) is 0 Å². The summed E-state index contributed by atoms with van der Waals surface area (Å²) in [6, 6.07) is 0. The van der Waals surface area contributed by atoms with Crippen LogP contribution in [0.2, 0.25) is 0 Å². The standard InChI is InChI=1S/C13H15N5O2/c19-13(18-7-3-1-2-4-8-18)12-16-11(17-20-12)10-9-14-5-6-15-10/h5-6,9H,1-4,7-8H2. The molecule has 7 nitrogen and oxygen atoms in total. The first kappa shape index (κ1) is 12.7. The summed E-state index contributed by atoms with van der Waals surface area (Å²) in [6.07, 6.45) is 9.02. The molecule has 0 N–H and O–H groups in total. The largest absolute Gasteiger partial charge is 0.334 e. The molecule has 1 aliphatic rings. The van der Waals surface area contributed by atoms with Gasteiger partial charge in [0.1, 0.15) is 5.69 Å². The number of carbonyl (C=O) groups excluding carboxylic acids is 1. The first-order valence-corrected chi connectivity index (χ1v) is 6.74. The molecule has 2 aromatic rings. The Morgan fingerprint density at radius 1 is 1.15 bits per heavy atom. The second-order valence-corrected chi connectivity index (χ2v) is 4.72. The van der Waals surface area contributed by atoms with Gasteiger partial charge >= 0.3 is 11.8 Å². The summed E-state index contributed by atoms with van der Waals surface area (Å²) < 4.78 is 5.05. The molecule has 0 saturated carbocycles. The third-order valence-electron chi connectivity index (χ3n) is 3.29. The van der Waals surface area contributed by atoms with Crippen molar-refractivity contribution in [2.24, 2.45) is 0 Å². The fourth-order valence-corrected chi connectivity index (χ4v) is 2.24. The van der Waals surface area contributed by atoms with E-state index in [2.05, 4.69) is 20.1 Å². The maximum absolute atomic E-state index is 12.3. The van der Waals surface area contributed by atoms with Crippen LogP contribution in [0, 0.1) is 0 Å². The van der Waals surface area contributed by atoms with Gasteiger partial charge in [-0.15, -0.1) is 0 Å². The molecule has 3 rings (SSSR count). The minimum Gasteiger partial charge on any atom is -0.334 e. The van der Waals surface area contributed by atoms with Crippen LogP contribution in [0.5, 0.6) is 0 Å². The molecule has 0 atom stereocenters. The van der Waals surface area contributed by atoms with E-state index in [0.29, 0.717) is 5.69 Å². The van der Waals surface area contributed by atoms with Crippen LogP contribution in [0.1, 0.15) is 36.4 Å². The molecule has 0 bridgehead atoms. The molecule has 1 fully saturated rings. The monoisotopic (exact) mass is 273 g/mol. The van der Waals surface area contributed by atoms with Crippen molar-refractivity contribution < 1.29 is 9.32 Å². The molecule has 1 aliphatic heterocycles. The van der Waals surface area contributed by atoms with Gasteiger partial charge in [-0.25, -0.2) is 4.98 Å². The smallest absolute Gasteiger partial charge is 0.316 e. The van der Waals surface area contributed by atoms with E-state index in [0.717, 1.165) is 25.9 Å². The summed E-state index contributed by atoms with van der Waals surface area (Å²) in [6.45, 7) is 1.50. The van der Waals surface area contributed by atoms with E-state index in [1.807, 2.05) is 0 Å². The van der Waals surface area contributed by atoms with Crippen LogP contribution in [-0.2, 0) is 0 Å². The minimum absolute atomic E-state index is 0.0209. The van der Waals surface area contributed by atoms with Gasteiger partial charge in [0.25, 0.3) is 0 Å². The van der Waals surface area contributed by atoms with Crippen molar-refractivity contribution in [3.05, 3.63) is 24.5 Å². The number of rotatable bonds is 2. The highest BCUT2D eigenvalue weighted by Gasteiger charge is 2.23. The average Bonchev–Trinajstić information content (AvgIpc) is 2.83. The highest BCUT2D eigenvalue weighted by atomic mass is 16.5. The van der Waals surface area contributed by atoms with Gasteiger partial charge in [-0.05, 0) is 12.8 Å². The van der Waals surface area contributed by atoms with Gasteiger partial charge in [0.05, 0.1) is 6.20 Å². The molecule has 0 radical (unpaired) electrons. The van der Waals surface area contributed by atoms with Crippen molar-refractivity contribution in [1.29, 1.82) is 0 Å². The fraction of sp³-hybridized carbons (Fsp3) is 0.462. The van der Waals surface area contributed by atoms with E-state index in [1.165, 1.54) is 19.0 Å². The molecule has 1 amide bonds. The Bertz CT molecular complexity index is 575. The van der Waals surface area contributed by atoms with Gasteiger partial charge in [-0.2, -0.15) is 4.98 Å². The van der Waals surface area contributed by atoms with Crippen LogP contribution in [0.3, 0.4) is 0 Å². The Morgan fingerprint density at radius 3 is 2.65 bits per heavy atom. The number of hydrogen-bond donors (Lipinski definition) is 0. The Balaban J connectivity index is 1.77. The predicted molar refractivity (Wildman–Crippen MR) is 69.7 cm³/mol. The predicted octanol–water partition coefficient (Wildman–Crippen LogP) is 1.54. The van der Waals surface area contributed by atoms with Crippen LogP contribution in [0.4, 0.5) is 0 Å². The molecular weight excluding hydrogens is 258 g/mol. The third kappa shape index (κ3) is 2.66. The molecular formula is C13H15N5O2. The van der Waals surface area contributed by atoms with Crippen molar-refractivity contribution in [3.63, 3.8) is 0 Å². The lowest BCUT2D eigenvalue weighted by Crippen LogP contribution is -2.32. The Kier molecular flexibility index (Phi) is 3.67. The van der Waals surface area contributed by atoms with Crippen molar-refractivity contribution in [2.75, 3.05) is 13.1 Å². The lowest BCUT2D eigenvalue weighted by Gasteiger charge is -2.17. The normalized spacial score (nSPS) is 15.9. The van der Waals surface area contributed by atoms with E-state index in [1.54, 1.807) is 17.3 Å². The van der Waals surface area contributed by atoms with Crippen molar-refractivity contribution >= 4 is 5.91 Å². The molecule has 7 heteroatoms. The zero-order chi connectivity index (χ0) is 13.8. The summed E-state index contributed by atoms with van der Waals surface area (Å²) in [5.74, 6) is 0.110. The SMILES string of the molecule is O=C(c1nc(-c2cnccn2)no1)N1CCCCCC1. The number of likely N-dealkylation sites (tertiary alicyclic amines) is 1. The highest BCUT2D eigenvalue weighted by molar-refractivity contribution is 5.89. The minimum atomic E-state index is -0.199. The van der Waals surface area contributed by atoms with E-state index in [4.69, 9.17) is 4.52 Å². The summed E-state index contributed by atoms with van der Waals surface area (Å²) in [5.41, 5.74) is 0.492. The molecule has 2 aromatic heterocycles. The van der Waals surface area contributed by atoms with Crippen LogP contribution in [-0.4, -0.2) is 44.0 Å². The average molecular weight is 273 g/mol. The molecule has 3 heterocycles. The van der Waals surface area contributed by atoms with Gasteiger partial charge in [0, 0.05) is 25.5 Å². The van der Waals surface area contributed by atoms with Gasteiger partial charge < -0.3 is 9.42 Å². The second kappa shape index (κ2) is 5.77. The van der Waals surface area contributed by atoms with Gasteiger partial charge in [0.2, 0.25) is 5.82 Å². The highest BCUT2D eigenvalue weighted by Crippen LogP contribution is 2.15. The van der Waals surface area contributed by atoms with E-state index < -0.39 is 0 Å². The Hall–Kier alpha value is -2.31. The number of hydrogen-bond acceptors (Lipinski definition) is 6. The first-order valence-electron chi connectivity index (χ1n) is 6.74. The Labute approximate surface area is 116 Å². The maximum Gasteiger partial charge on any atom is 0.316 e. The summed E-state index contributed by atoms with van der Waals surface area (Å²) in [5, 5.41) is 3.79. The topological polar surface area (TPSA) is 85.0 Å². The summed E-state index contributed by atoms with van der Waals surface area (Å²) >= 11 is 0. The van der Waals surface area contributed by atoms with Gasteiger partial charge in [-0.3, -0.25) is 9.78 Å². The first-order chi connectivity index (χ1) is 9.84. The Morgan fingerprint density at radius 2 is 1.95 bits per heavy atom. The molecule has 0 aromatic carbocycles.